The highest BCUT2D eigenvalue weighted by molar-refractivity contribution is 6.07. The average molecular weight is 408 g/mol. The Bertz CT molecular complexity index is 987. The molecule has 0 saturated carbocycles. The number of carbonyl (C=O) groups is 2. The Kier molecular flexibility index (Phi) is 5.06. The van der Waals surface area contributed by atoms with Gasteiger partial charge in [0, 0.05) is 19.3 Å². The van der Waals surface area contributed by atoms with Gasteiger partial charge in [-0.1, -0.05) is 30.3 Å². The van der Waals surface area contributed by atoms with Gasteiger partial charge in [-0.05, 0) is 49.6 Å². The van der Waals surface area contributed by atoms with E-state index >= 15 is 0 Å². The summed E-state index contributed by atoms with van der Waals surface area (Å²) in [6, 6.07) is 15.0. The first-order valence-electron chi connectivity index (χ1n) is 10.2. The largest absolute Gasteiger partial charge is 0.497 e. The summed E-state index contributed by atoms with van der Waals surface area (Å²) in [7, 11) is 3.21. The molecule has 0 unspecified atom stereocenters. The van der Waals surface area contributed by atoms with E-state index < -0.39 is 16.9 Å². The summed E-state index contributed by atoms with van der Waals surface area (Å²) in [6.45, 7) is 4.57. The summed E-state index contributed by atoms with van der Waals surface area (Å²) in [6.07, 6.45) is 0.562. The zero-order valence-corrected chi connectivity index (χ0v) is 17.9. The zero-order valence-electron chi connectivity index (χ0n) is 17.9. The monoisotopic (exact) mass is 408 g/mol. The molecule has 158 valence electrons. The molecule has 1 saturated heterocycles. The third-order valence-electron chi connectivity index (χ3n) is 6.34. The average Bonchev–Trinajstić information content (AvgIpc) is 3.27. The van der Waals surface area contributed by atoms with Gasteiger partial charge in [0.15, 0.2) is 0 Å². The Balaban J connectivity index is 1.88. The lowest BCUT2D eigenvalue weighted by Crippen LogP contribution is -2.47. The van der Waals surface area contributed by atoms with E-state index in [0.717, 1.165) is 16.8 Å². The van der Waals surface area contributed by atoms with E-state index in [2.05, 4.69) is 5.32 Å². The van der Waals surface area contributed by atoms with Crippen LogP contribution in [-0.4, -0.2) is 44.1 Å². The van der Waals surface area contributed by atoms with Crippen molar-refractivity contribution in [3.8, 4) is 5.75 Å². The molecule has 1 spiro atoms. The first-order valence-corrected chi connectivity index (χ1v) is 10.2. The summed E-state index contributed by atoms with van der Waals surface area (Å²) >= 11 is 0. The van der Waals surface area contributed by atoms with Crippen LogP contribution in [0.3, 0.4) is 0 Å². The number of ether oxygens (including phenoxy) is 2. The van der Waals surface area contributed by atoms with E-state index in [1.165, 1.54) is 0 Å². The molecule has 2 aliphatic rings. The highest BCUT2D eigenvalue weighted by Gasteiger charge is 2.60. The molecular weight excluding hydrogens is 380 g/mol. The van der Waals surface area contributed by atoms with Crippen LogP contribution in [0.4, 0.5) is 5.69 Å². The van der Waals surface area contributed by atoms with Crippen molar-refractivity contribution in [2.75, 3.05) is 32.7 Å². The van der Waals surface area contributed by atoms with Crippen LogP contribution in [0.5, 0.6) is 5.75 Å². The quantitative estimate of drug-likeness (QED) is 0.822. The van der Waals surface area contributed by atoms with E-state index in [-0.39, 0.29) is 11.8 Å². The van der Waals surface area contributed by atoms with Crippen molar-refractivity contribution in [3.05, 3.63) is 59.7 Å². The van der Waals surface area contributed by atoms with Crippen LogP contribution in [0.1, 0.15) is 37.4 Å². The molecule has 30 heavy (non-hydrogen) atoms. The highest BCUT2D eigenvalue weighted by atomic mass is 16.5. The molecule has 4 rings (SSSR count). The molecule has 1 fully saturated rings. The van der Waals surface area contributed by atoms with Gasteiger partial charge in [0.05, 0.1) is 25.2 Å². The summed E-state index contributed by atoms with van der Waals surface area (Å²) in [4.78, 5) is 28.9. The number of para-hydroxylation sites is 1. The first kappa shape index (κ1) is 20.4. The van der Waals surface area contributed by atoms with Crippen molar-refractivity contribution in [2.45, 2.75) is 31.7 Å². The number of anilines is 1. The minimum atomic E-state index is -0.832. The zero-order chi connectivity index (χ0) is 21.5. The number of nitrogens with one attached hydrogen (secondary N) is 1. The Morgan fingerprint density at radius 2 is 1.97 bits per heavy atom. The number of carbonyl (C=O) groups excluding carboxylic acids is 2. The molecule has 2 aromatic carbocycles. The molecule has 2 heterocycles. The number of benzene rings is 2. The van der Waals surface area contributed by atoms with Crippen LogP contribution in [0.25, 0.3) is 0 Å². The molecule has 6 heteroatoms. The number of rotatable bonds is 5. The molecule has 1 N–H and O–H groups in total. The smallest absolute Gasteiger partial charge is 0.237 e. The minimum Gasteiger partial charge on any atom is -0.497 e. The fraction of sp³-hybridized carbons (Fsp3) is 0.417. The summed E-state index contributed by atoms with van der Waals surface area (Å²) in [5, 5.41) is 3.05. The third kappa shape index (κ3) is 2.98. The van der Waals surface area contributed by atoms with Crippen molar-refractivity contribution in [1.82, 2.24) is 4.90 Å². The number of amides is 2. The van der Waals surface area contributed by atoms with Crippen LogP contribution in [-0.2, 0) is 19.7 Å². The van der Waals surface area contributed by atoms with Gasteiger partial charge in [0.25, 0.3) is 0 Å². The highest BCUT2D eigenvalue weighted by Crippen LogP contribution is 2.55. The molecule has 0 bridgehead atoms. The Hall–Kier alpha value is -2.86. The molecular formula is C24H28N2O4. The van der Waals surface area contributed by atoms with Gasteiger partial charge in [-0.3, -0.25) is 9.59 Å². The van der Waals surface area contributed by atoms with Gasteiger partial charge >= 0.3 is 0 Å². The van der Waals surface area contributed by atoms with Crippen LogP contribution < -0.4 is 10.1 Å². The Morgan fingerprint density at radius 3 is 2.70 bits per heavy atom. The molecule has 0 radical (unpaired) electrons. The van der Waals surface area contributed by atoms with Gasteiger partial charge < -0.3 is 19.7 Å². The van der Waals surface area contributed by atoms with E-state index in [4.69, 9.17) is 9.47 Å². The minimum absolute atomic E-state index is 0.0220. The number of fused-ring (bicyclic) bond motifs is 2. The van der Waals surface area contributed by atoms with Gasteiger partial charge in [0.2, 0.25) is 11.8 Å². The van der Waals surface area contributed by atoms with Gasteiger partial charge in [-0.25, -0.2) is 0 Å². The lowest BCUT2D eigenvalue weighted by atomic mass is 9.72. The second kappa shape index (κ2) is 7.43. The normalized spacial score (nSPS) is 22.9. The van der Waals surface area contributed by atoms with Crippen LogP contribution >= 0.6 is 0 Å². The van der Waals surface area contributed by atoms with Gasteiger partial charge in [0.1, 0.15) is 11.2 Å². The van der Waals surface area contributed by atoms with E-state index in [1.54, 1.807) is 14.2 Å². The fourth-order valence-electron chi connectivity index (χ4n) is 4.99. The standard InChI is InChI=1S/C24H28N2O4/c1-23(2,15-29-3)22(28)26-13-12-24(18-10-5-6-11-19(18)25-21(24)27)20(26)16-8-7-9-17(14-16)30-4/h5-11,14,20H,12-13,15H2,1-4H3,(H,25,27)/t20-,24+/m0/s1. The molecule has 6 nitrogen and oxygen atoms in total. The maximum atomic E-state index is 13.6. The number of methoxy groups -OCH3 is 2. The third-order valence-corrected chi connectivity index (χ3v) is 6.34. The first-order chi connectivity index (χ1) is 14.3. The van der Waals surface area contributed by atoms with Gasteiger partial charge in [-0.2, -0.15) is 0 Å². The van der Waals surface area contributed by atoms with E-state index in [1.807, 2.05) is 67.3 Å². The fourth-order valence-corrected chi connectivity index (χ4v) is 4.99. The lowest BCUT2D eigenvalue weighted by molar-refractivity contribution is -0.145. The van der Waals surface area contributed by atoms with E-state index in [9.17, 15) is 9.59 Å². The maximum Gasteiger partial charge on any atom is 0.237 e. The lowest BCUT2D eigenvalue weighted by Gasteiger charge is -2.38. The van der Waals surface area contributed by atoms with Crippen molar-refractivity contribution in [3.63, 3.8) is 0 Å². The Morgan fingerprint density at radius 1 is 1.20 bits per heavy atom. The molecule has 0 aromatic heterocycles. The molecule has 0 aliphatic carbocycles. The SMILES string of the molecule is COCC(C)(C)C(=O)N1CC[C@]2(C(=O)Nc3ccccc32)[C@@H]1c1cccc(OC)c1. The van der Waals surface area contributed by atoms with Crippen LogP contribution in [0.15, 0.2) is 48.5 Å². The second-order valence-corrected chi connectivity index (χ2v) is 8.72. The van der Waals surface area contributed by atoms with Gasteiger partial charge in [-0.15, -0.1) is 0 Å². The number of hydrogen-bond donors (Lipinski definition) is 1. The molecule has 2 aromatic rings. The predicted octanol–water partition coefficient (Wildman–Crippen LogP) is 3.53. The predicted molar refractivity (Wildman–Crippen MR) is 114 cm³/mol. The number of nitrogens with zero attached hydrogens (tertiary/aromatic N) is 1. The van der Waals surface area contributed by atoms with Crippen molar-refractivity contribution in [2.24, 2.45) is 5.41 Å². The maximum absolute atomic E-state index is 13.6. The topological polar surface area (TPSA) is 67.9 Å². The van der Waals surface area contributed by atoms with Crippen molar-refractivity contribution in [1.29, 1.82) is 0 Å². The number of likely N-dealkylation sites (tertiary alicyclic amines) is 1. The Labute approximate surface area is 177 Å². The second-order valence-electron chi connectivity index (χ2n) is 8.72. The molecule has 2 aliphatic heterocycles. The molecule has 2 amide bonds. The summed E-state index contributed by atoms with van der Waals surface area (Å²) < 4.78 is 10.8. The summed E-state index contributed by atoms with van der Waals surface area (Å²) in [5.74, 6) is 0.618. The van der Waals surface area contributed by atoms with Crippen molar-refractivity contribution < 1.29 is 19.1 Å². The number of hydrogen-bond acceptors (Lipinski definition) is 4. The van der Waals surface area contributed by atoms with Crippen molar-refractivity contribution >= 4 is 17.5 Å². The summed E-state index contributed by atoms with van der Waals surface area (Å²) in [5.41, 5.74) is 1.12. The van der Waals surface area contributed by atoms with Crippen LogP contribution in [0, 0.1) is 5.41 Å². The molecule has 2 atom stereocenters. The van der Waals surface area contributed by atoms with E-state index in [0.29, 0.717) is 25.3 Å². The van der Waals surface area contributed by atoms with Crippen LogP contribution in [0.2, 0.25) is 0 Å².